The highest BCUT2D eigenvalue weighted by Gasteiger charge is 2.21. The van der Waals surface area contributed by atoms with Crippen LogP contribution >= 0.6 is 23.6 Å². The Balaban J connectivity index is 1.52. The van der Waals surface area contributed by atoms with Crippen molar-refractivity contribution in [3.63, 3.8) is 0 Å². The molecule has 144 valence electrons. The number of hydrogen-bond donors (Lipinski definition) is 3. The van der Waals surface area contributed by atoms with E-state index in [1.54, 1.807) is 15.9 Å². The quantitative estimate of drug-likeness (QED) is 0.419. The summed E-state index contributed by atoms with van der Waals surface area (Å²) in [6, 6.07) is 9.66. The number of aromatic nitrogens is 4. The van der Waals surface area contributed by atoms with Crippen molar-refractivity contribution in [2.24, 2.45) is 0 Å². The number of aromatic amines is 2. The summed E-state index contributed by atoms with van der Waals surface area (Å²) >= 11 is 6.92. The molecule has 0 bridgehead atoms. The maximum Gasteiger partial charge on any atom is 0.243 e. The molecule has 0 saturated heterocycles. The van der Waals surface area contributed by atoms with Gasteiger partial charge in [-0.05, 0) is 67.7 Å². The summed E-state index contributed by atoms with van der Waals surface area (Å²) in [4.78, 5) is 17.1. The Kier molecular flexibility index (Phi) is 4.91. The fraction of sp³-hybridized carbons (Fsp3) is 0.250. The predicted octanol–water partition coefficient (Wildman–Crippen LogP) is 4.64. The number of H-pyrrole nitrogens is 2. The van der Waals surface area contributed by atoms with E-state index >= 15 is 0 Å². The molecule has 28 heavy (non-hydrogen) atoms. The normalized spacial score (nSPS) is 12.4. The fourth-order valence-electron chi connectivity index (χ4n) is 3.32. The lowest BCUT2D eigenvalue weighted by molar-refractivity contribution is -0.124. The third-order valence-electron chi connectivity index (χ3n) is 5.05. The molecule has 1 amide bonds. The van der Waals surface area contributed by atoms with Gasteiger partial charge in [0.15, 0.2) is 10.6 Å². The van der Waals surface area contributed by atoms with E-state index in [0.717, 1.165) is 16.0 Å². The Labute approximate surface area is 171 Å². The van der Waals surface area contributed by atoms with E-state index in [-0.39, 0.29) is 5.91 Å². The molecule has 1 unspecified atom stereocenters. The second kappa shape index (κ2) is 7.37. The van der Waals surface area contributed by atoms with E-state index < -0.39 is 6.04 Å². The predicted molar refractivity (Wildman–Crippen MR) is 115 cm³/mol. The zero-order valence-electron chi connectivity index (χ0n) is 15.9. The van der Waals surface area contributed by atoms with Gasteiger partial charge in [-0.15, -0.1) is 11.3 Å². The second-order valence-electron chi connectivity index (χ2n) is 6.85. The highest BCUT2D eigenvalue weighted by molar-refractivity contribution is 7.71. The zero-order chi connectivity index (χ0) is 19.8. The molecule has 4 rings (SSSR count). The van der Waals surface area contributed by atoms with Crippen LogP contribution in [0.15, 0.2) is 35.7 Å². The lowest BCUT2D eigenvalue weighted by atomic mass is 10.1. The van der Waals surface area contributed by atoms with Gasteiger partial charge in [0.25, 0.3) is 0 Å². The number of aryl methyl sites for hydroxylation is 2. The summed E-state index contributed by atoms with van der Waals surface area (Å²) in [5.74, 6) is 0.583. The number of thiophene rings is 1. The van der Waals surface area contributed by atoms with Gasteiger partial charge in [0, 0.05) is 23.1 Å². The van der Waals surface area contributed by atoms with Crippen LogP contribution in [-0.4, -0.2) is 25.7 Å². The molecule has 0 aliphatic rings. The summed E-state index contributed by atoms with van der Waals surface area (Å²) in [5, 5.41) is 13.3. The van der Waals surface area contributed by atoms with Crippen LogP contribution in [0.4, 0.5) is 0 Å². The number of rotatable bonds is 5. The van der Waals surface area contributed by atoms with E-state index in [2.05, 4.69) is 46.5 Å². The van der Waals surface area contributed by atoms with Gasteiger partial charge in [0.05, 0.1) is 4.88 Å². The van der Waals surface area contributed by atoms with Crippen LogP contribution in [0.25, 0.3) is 21.6 Å². The Morgan fingerprint density at radius 1 is 1.36 bits per heavy atom. The monoisotopic (exact) mass is 411 g/mol. The standard InChI is InChI=1S/C20H21N5OS2/c1-11-12(2)22-16-7-6-14(9-15(11)16)10-21-19(26)13(3)25-18(23-24-20(25)27)17-5-4-8-28-17/h4-9,13,22H,10H2,1-3H3,(H,21,26)(H,24,27). The number of hydrogen-bond acceptors (Lipinski definition) is 4. The van der Waals surface area contributed by atoms with Crippen LogP contribution in [0.1, 0.15) is 29.8 Å². The number of nitrogens with one attached hydrogen (secondary N) is 3. The van der Waals surface area contributed by atoms with E-state index in [0.29, 0.717) is 17.1 Å². The third-order valence-corrected chi connectivity index (χ3v) is 6.21. The fourth-order valence-corrected chi connectivity index (χ4v) is 4.32. The van der Waals surface area contributed by atoms with Gasteiger partial charge >= 0.3 is 0 Å². The topological polar surface area (TPSA) is 78.5 Å². The van der Waals surface area contributed by atoms with Crippen LogP contribution in [-0.2, 0) is 11.3 Å². The number of amides is 1. The van der Waals surface area contributed by atoms with Crippen LogP contribution in [0.2, 0.25) is 0 Å². The maximum absolute atomic E-state index is 12.8. The first kappa shape index (κ1) is 18.6. The molecular weight excluding hydrogens is 390 g/mol. The highest BCUT2D eigenvalue weighted by atomic mass is 32.1. The Morgan fingerprint density at radius 2 is 2.18 bits per heavy atom. The van der Waals surface area contributed by atoms with Crippen molar-refractivity contribution >= 4 is 40.4 Å². The largest absolute Gasteiger partial charge is 0.358 e. The van der Waals surface area contributed by atoms with Crippen LogP contribution < -0.4 is 5.32 Å². The minimum atomic E-state index is -0.469. The smallest absolute Gasteiger partial charge is 0.243 e. The lowest BCUT2D eigenvalue weighted by Gasteiger charge is -2.15. The number of carbonyl (C=O) groups is 1. The first-order valence-corrected chi connectivity index (χ1v) is 10.3. The SMILES string of the molecule is Cc1[nH]c2ccc(CNC(=O)C(C)n3c(-c4cccs4)n[nH]c3=S)cc2c1C. The average Bonchev–Trinajstić information content (AvgIpc) is 3.40. The van der Waals surface area contributed by atoms with E-state index in [4.69, 9.17) is 12.2 Å². The van der Waals surface area contributed by atoms with E-state index in [1.165, 1.54) is 16.6 Å². The Hall–Kier alpha value is -2.71. The maximum atomic E-state index is 12.8. The van der Waals surface area contributed by atoms with Gasteiger partial charge in [0.1, 0.15) is 6.04 Å². The van der Waals surface area contributed by atoms with Crippen molar-refractivity contribution in [2.45, 2.75) is 33.4 Å². The molecule has 3 N–H and O–H groups in total. The molecule has 3 heterocycles. The molecule has 1 atom stereocenters. The molecule has 0 fully saturated rings. The Bertz CT molecular complexity index is 1200. The highest BCUT2D eigenvalue weighted by Crippen LogP contribution is 2.26. The molecular formula is C20H21N5OS2. The van der Waals surface area contributed by atoms with E-state index in [1.807, 2.05) is 30.5 Å². The second-order valence-corrected chi connectivity index (χ2v) is 8.18. The lowest BCUT2D eigenvalue weighted by Crippen LogP contribution is -2.31. The van der Waals surface area contributed by atoms with Crippen molar-refractivity contribution in [2.75, 3.05) is 0 Å². The van der Waals surface area contributed by atoms with Gasteiger partial charge in [-0.25, -0.2) is 0 Å². The molecule has 0 saturated carbocycles. The molecule has 0 radical (unpaired) electrons. The molecule has 3 aromatic heterocycles. The average molecular weight is 412 g/mol. The number of carbonyl (C=O) groups excluding carboxylic acids is 1. The van der Waals surface area contributed by atoms with Crippen molar-refractivity contribution in [1.82, 2.24) is 25.1 Å². The molecule has 0 spiro atoms. The molecule has 0 aliphatic carbocycles. The minimum Gasteiger partial charge on any atom is -0.358 e. The van der Waals surface area contributed by atoms with Crippen molar-refractivity contribution in [3.8, 4) is 10.7 Å². The van der Waals surface area contributed by atoms with Gasteiger partial charge in [-0.3, -0.25) is 14.5 Å². The molecule has 4 aromatic rings. The minimum absolute atomic E-state index is 0.0997. The van der Waals surface area contributed by atoms with Crippen molar-refractivity contribution in [3.05, 3.63) is 57.3 Å². The third kappa shape index (κ3) is 3.29. The summed E-state index contributed by atoms with van der Waals surface area (Å²) < 4.78 is 2.20. The first-order chi connectivity index (χ1) is 13.5. The van der Waals surface area contributed by atoms with Gasteiger partial charge in [-0.2, -0.15) is 5.10 Å². The summed E-state index contributed by atoms with van der Waals surface area (Å²) in [5.41, 5.74) is 4.58. The first-order valence-electron chi connectivity index (χ1n) is 9.02. The van der Waals surface area contributed by atoms with Gasteiger partial charge < -0.3 is 10.3 Å². The molecule has 8 heteroatoms. The zero-order valence-corrected chi connectivity index (χ0v) is 17.5. The van der Waals surface area contributed by atoms with Gasteiger partial charge in [-0.1, -0.05) is 12.1 Å². The van der Waals surface area contributed by atoms with Crippen LogP contribution in [0.3, 0.4) is 0 Å². The van der Waals surface area contributed by atoms with Gasteiger partial charge in [0.2, 0.25) is 5.91 Å². The number of nitrogens with zero attached hydrogens (tertiary/aromatic N) is 2. The number of fused-ring (bicyclic) bond motifs is 1. The number of benzene rings is 1. The Morgan fingerprint density at radius 3 is 2.93 bits per heavy atom. The molecule has 6 nitrogen and oxygen atoms in total. The van der Waals surface area contributed by atoms with Crippen molar-refractivity contribution in [1.29, 1.82) is 0 Å². The summed E-state index contributed by atoms with van der Waals surface area (Å²) in [6.45, 7) is 6.46. The van der Waals surface area contributed by atoms with E-state index in [9.17, 15) is 4.79 Å². The van der Waals surface area contributed by atoms with Crippen LogP contribution in [0.5, 0.6) is 0 Å². The summed E-state index contributed by atoms with van der Waals surface area (Å²) in [7, 11) is 0. The molecule has 0 aliphatic heterocycles. The van der Waals surface area contributed by atoms with Crippen molar-refractivity contribution < 1.29 is 4.79 Å². The molecule has 1 aromatic carbocycles. The summed E-state index contributed by atoms with van der Waals surface area (Å²) in [6.07, 6.45) is 0. The van der Waals surface area contributed by atoms with Crippen LogP contribution in [0, 0.1) is 18.6 Å².